The lowest BCUT2D eigenvalue weighted by atomic mass is 10.2. The molecule has 1 unspecified atom stereocenters. The third-order valence-electron chi connectivity index (χ3n) is 4.56. The largest absolute Gasteiger partial charge is 0.358 e. The molecule has 1 N–H and O–H groups in total. The van der Waals surface area contributed by atoms with Crippen molar-refractivity contribution in [1.82, 2.24) is 0 Å². The average Bonchev–Trinajstić information content (AvgIpc) is 3.11. The summed E-state index contributed by atoms with van der Waals surface area (Å²) in [5.74, 6) is -0.495. The van der Waals surface area contributed by atoms with E-state index in [4.69, 9.17) is 23.2 Å². The molecular formula is C18H17Cl2N2O3S3+. The van der Waals surface area contributed by atoms with E-state index in [1.165, 1.54) is 11.3 Å². The molecule has 5 nitrogen and oxygen atoms in total. The molecule has 0 spiro atoms. The van der Waals surface area contributed by atoms with E-state index in [1.54, 1.807) is 28.5 Å². The third-order valence-corrected chi connectivity index (χ3v) is 8.10. The topological polar surface area (TPSA) is 61.5 Å². The van der Waals surface area contributed by atoms with Crippen molar-refractivity contribution >= 4 is 72.3 Å². The molecule has 2 heterocycles. The molecular weight excluding hydrogens is 459 g/mol. The van der Waals surface area contributed by atoms with Gasteiger partial charge in [-0.15, -0.1) is 0 Å². The van der Waals surface area contributed by atoms with Crippen LogP contribution in [0.15, 0.2) is 41.3 Å². The fourth-order valence-electron chi connectivity index (χ4n) is 3.42. The predicted octanol–water partition coefficient (Wildman–Crippen LogP) is 4.84. The molecule has 0 bridgehead atoms. The molecule has 1 aliphatic rings. The Balaban J connectivity index is 1.74. The quantitative estimate of drug-likeness (QED) is 0.422. The number of rotatable bonds is 5. The maximum atomic E-state index is 11.6. The van der Waals surface area contributed by atoms with Gasteiger partial charge < -0.3 is 4.90 Å². The summed E-state index contributed by atoms with van der Waals surface area (Å²) in [4.78, 5) is 3.42. The first-order valence-electron chi connectivity index (χ1n) is 8.54. The highest BCUT2D eigenvalue weighted by Crippen LogP contribution is 2.45. The first kappa shape index (κ1) is 20.3. The molecule has 3 aromatic rings. The number of hydrogen-bond donors (Lipinski definition) is 1. The van der Waals surface area contributed by atoms with Crippen LogP contribution in [0.5, 0.6) is 0 Å². The lowest BCUT2D eigenvalue weighted by Gasteiger charge is -2.23. The summed E-state index contributed by atoms with van der Waals surface area (Å²) in [6.45, 7) is 2.89. The number of thiazole rings is 1. The summed E-state index contributed by atoms with van der Waals surface area (Å²) >= 11 is 15.5. The van der Waals surface area contributed by atoms with Gasteiger partial charge in [-0.2, -0.15) is 13.0 Å². The average molecular weight is 476 g/mol. The Hall–Kier alpha value is -1.03. The fourth-order valence-corrected chi connectivity index (χ4v) is 7.10. The Bertz CT molecular complexity index is 1160. The zero-order valence-electron chi connectivity index (χ0n) is 14.8. The number of thioether (sulfide) groups is 1. The van der Waals surface area contributed by atoms with Crippen molar-refractivity contribution in [3.63, 3.8) is 0 Å². The first-order valence-corrected chi connectivity index (χ1v) is 12.6. The highest BCUT2D eigenvalue weighted by atomic mass is 35.5. The standard InChI is InChI=1S/C18H16Cl2N2O3S3/c1-2-21-13-7-11(19)3-5-15(13)26-17(21)9-18-22(10-28(23,24)25)14-8-12(20)4-6-16(14)27-18/h3-8,17H,2,9-10H2,1H3/p+1. The SMILES string of the molecule is CCN1c2cc(Cl)ccc2SC1Cc1sc2ccc(Cl)cc2[n+]1CS(=O)(=O)O. The first-order chi connectivity index (χ1) is 13.2. The van der Waals surface area contributed by atoms with Crippen molar-refractivity contribution in [3.8, 4) is 0 Å². The minimum Gasteiger partial charge on any atom is -0.358 e. The van der Waals surface area contributed by atoms with E-state index >= 15 is 0 Å². The van der Waals surface area contributed by atoms with E-state index in [2.05, 4.69) is 11.8 Å². The number of halogens is 2. The zero-order chi connectivity index (χ0) is 20.1. The maximum Gasteiger partial charge on any atom is 0.326 e. The number of anilines is 1. The number of fused-ring (bicyclic) bond motifs is 2. The molecule has 0 radical (unpaired) electrons. The van der Waals surface area contributed by atoms with Gasteiger partial charge in [-0.3, -0.25) is 4.55 Å². The molecule has 0 aliphatic carbocycles. The van der Waals surface area contributed by atoms with E-state index < -0.39 is 16.0 Å². The number of hydrogen-bond acceptors (Lipinski definition) is 5. The van der Waals surface area contributed by atoms with Crippen LogP contribution in [0.4, 0.5) is 5.69 Å². The van der Waals surface area contributed by atoms with Crippen LogP contribution in [0.3, 0.4) is 0 Å². The number of aromatic nitrogens is 1. The van der Waals surface area contributed by atoms with Crippen LogP contribution >= 0.6 is 46.3 Å². The molecule has 2 aromatic carbocycles. The van der Waals surface area contributed by atoms with Gasteiger partial charge in [-0.25, -0.2) is 0 Å². The van der Waals surface area contributed by atoms with Crippen LogP contribution in [0.2, 0.25) is 10.0 Å². The zero-order valence-corrected chi connectivity index (χ0v) is 18.8. The second-order valence-corrected chi connectivity index (χ2v) is 11.1. The van der Waals surface area contributed by atoms with Gasteiger partial charge in [0, 0.05) is 27.6 Å². The molecule has 28 heavy (non-hydrogen) atoms. The van der Waals surface area contributed by atoms with Crippen LogP contribution in [-0.4, -0.2) is 24.9 Å². The van der Waals surface area contributed by atoms with E-state index in [1.807, 2.05) is 24.3 Å². The van der Waals surface area contributed by atoms with E-state index in [0.717, 1.165) is 26.8 Å². The highest BCUT2D eigenvalue weighted by Gasteiger charge is 2.34. The summed E-state index contributed by atoms with van der Waals surface area (Å²) in [6.07, 6.45) is 0.622. The minimum absolute atomic E-state index is 0.106. The van der Waals surface area contributed by atoms with Gasteiger partial charge >= 0.3 is 10.1 Å². The molecule has 0 amide bonds. The van der Waals surface area contributed by atoms with Crippen LogP contribution in [0, 0.1) is 0 Å². The molecule has 1 aliphatic heterocycles. The summed E-state index contributed by atoms with van der Waals surface area (Å²) in [7, 11) is -4.20. The van der Waals surface area contributed by atoms with Crippen molar-refractivity contribution in [1.29, 1.82) is 0 Å². The summed E-state index contributed by atoms with van der Waals surface area (Å²) in [5.41, 5.74) is 1.80. The molecule has 1 aromatic heterocycles. The van der Waals surface area contributed by atoms with Gasteiger partial charge in [0.1, 0.15) is 4.70 Å². The molecule has 4 rings (SSSR count). The number of benzene rings is 2. The van der Waals surface area contributed by atoms with E-state index in [-0.39, 0.29) is 5.37 Å². The molecule has 0 saturated heterocycles. The second-order valence-electron chi connectivity index (χ2n) is 6.42. The summed E-state index contributed by atoms with van der Waals surface area (Å²) in [6, 6.07) is 11.2. The molecule has 0 saturated carbocycles. The Morgan fingerprint density at radius 1 is 1.18 bits per heavy atom. The van der Waals surface area contributed by atoms with Crippen LogP contribution < -0.4 is 9.47 Å². The summed E-state index contributed by atoms with van der Waals surface area (Å²) in [5, 5.41) is 2.18. The van der Waals surface area contributed by atoms with Gasteiger partial charge in [-0.05, 0) is 37.3 Å². The van der Waals surface area contributed by atoms with Gasteiger partial charge in [0.15, 0.2) is 0 Å². The normalized spacial score (nSPS) is 16.7. The van der Waals surface area contributed by atoms with E-state index in [0.29, 0.717) is 22.0 Å². The van der Waals surface area contributed by atoms with Crippen molar-refractivity contribution in [3.05, 3.63) is 51.5 Å². The van der Waals surface area contributed by atoms with E-state index in [9.17, 15) is 13.0 Å². The lowest BCUT2D eigenvalue weighted by Crippen LogP contribution is -2.42. The lowest BCUT2D eigenvalue weighted by molar-refractivity contribution is -0.654. The van der Waals surface area contributed by atoms with Crippen molar-refractivity contribution in [2.75, 3.05) is 11.4 Å². The second kappa shape index (κ2) is 7.66. The third kappa shape index (κ3) is 3.99. The minimum atomic E-state index is -4.20. The van der Waals surface area contributed by atoms with Crippen LogP contribution in [0.25, 0.3) is 10.2 Å². The van der Waals surface area contributed by atoms with Crippen molar-refractivity contribution in [2.24, 2.45) is 0 Å². The van der Waals surface area contributed by atoms with Gasteiger partial charge in [0.05, 0.1) is 17.5 Å². The molecule has 0 fully saturated rings. The van der Waals surface area contributed by atoms with Crippen molar-refractivity contribution < 1.29 is 17.5 Å². The fraction of sp³-hybridized carbons (Fsp3) is 0.278. The number of nitrogens with zero attached hydrogens (tertiary/aromatic N) is 2. The van der Waals surface area contributed by atoms with Gasteiger partial charge in [-0.1, -0.05) is 46.3 Å². The van der Waals surface area contributed by atoms with Gasteiger partial charge in [0.2, 0.25) is 10.5 Å². The predicted molar refractivity (Wildman–Crippen MR) is 116 cm³/mol. The van der Waals surface area contributed by atoms with Crippen LogP contribution in [-0.2, 0) is 22.4 Å². The monoisotopic (exact) mass is 475 g/mol. The Morgan fingerprint density at radius 3 is 2.61 bits per heavy atom. The smallest absolute Gasteiger partial charge is 0.326 e. The highest BCUT2D eigenvalue weighted by molar-refractivity contribution is 8.00. The van der Waals surface area contributed by atoms with Crippen molar-refractivity contribution in [2.45, 2.75) is 29.5 Å². The Labute approximate surface area is 181 Å². The number of likely N-dealkylation sites (N-methyl/N-ethyl adjacent to an activating group) is 1. The Morgan fingerprint density at radius 2 is 1.89 bits per heavy atom. The summed E-state index contributed by atoms with van der Waals surface area (Å²) < 4.78 is 35.3. The molecule has 10 heteroatoms. The molecule has 148 valence electrons. The van der Waals surface area contributed by atoms with Gasteiger partial charge in [0.25, 0.3) is 5.88 Å². The van der Waals surface area contributed by atoms with Crippen LogP contribution in [0.1, 0.15) is 11.9 Å². The Kier molecular flexibility index (Phi) is 5.54. The maximum absolute atomic E-state index is 11.6. The molecule has 1 atom stereocenters.